The number of hydrogen-bond acceptors (Lipinski definition) is 3. The number of urea groups is 1. The Bertz CT molecular complexity index is 811. The first-order valence-corrected chi connectivity index (χ1v) is 8.10. The molecule has 25 heavy (non-hydrogen) atoms. The van der Waals surface area contributed by atoms with Gasteiger partial charge in [-0.2, -0.15) is 0 Å². The van der Waals surface area contributed by atoms with Gasteiger partial charge in [0.2, 0.25) is 0 Å². The smallest absolute Gasteiger partial charge is 0.338 e. The topological polar surface area (TPSA) is 67.4 Å². The summed E-state index contributed by atoms with van der Waals surface area (Å²) in [7, 11) is 0. The summed E-state index contributed by atoms with van der Waals surface area (Å²) in [5, 5.41) is 5.44. The number of ether oxygens (including phenoxy) is 1. The predicted octanol–water partition coefficient (Wildman–Crippen LogP) is 3.37. The van der Waals surface area contributed by atoms with Gasteiger partial charge in [-0.25, -0.2) is 9.59 Å². The molecule has 0 aromatic heterocycles. The van der Waals surface area contributed by atoms with Gasteiger partial charge in [-0.05, 0) is 25.0 Å². The lowest BCUT2D eigenvalue weighted by molar-refractivity contribution is -0.140. The van der Waals surface area contributed by atoms with E-state index in [1.165, 1.54) is 0 Å². The molecule has 1 heterocycles. The van der Waals surface area contributed by atoms with Crippen molar-refractivity contribution in [2.75, 3.05) is 0 Å². The van der Waals surface area contributed by atoms with Crippen LogP contribution >= 0.6 is 0 Å². The summed E-state index contributed by atoms with van der Waals surface area (Å²) >= 11 is 0. The highest BCUT2D eigenvalue weighted by Gasteiger charge is 2.32. The van der Waals surface area contributed by atoms with Crippen molar-refractivity contribution in [1.29, 1.82) is 0 Å². The minimum atomic E-state index is -0.527. The number of hydrogen-bond donors (Lipinski definition) is 2. The first kappa shape index (κ1) is 16.8. The molecule has 2 amide bonds. The lowest BCUT2D eigenvalue weighted by atomic mass is 9.96. The number of esters is 1. The summed E-state index contributed by atoms with van der Waals surface area (Å²) in [6.45, 7) is 3.90. The molecule has 1 atom stereocenters. The van der Waals surface area contributed by atoms with Gasteiger partial charge in [0, 0.05) is 5.70 Å². The molecule has 0 saturated heterocycles. The van der Waals surface area contributed by atoms with Crippen molar-refractivity contribution in [3.05, 3.63) is 82.6 Å². The van der Waals surface area contributed by atoms with E-state index in [4.69, 9.17) is 4.74 Å². The van der Waals surface area contributed by atoms with E-state index in [1.807, 2.05) is 61.5 Å². The first-order valence-electron chi connectivity index (χ1n) is 8.10. The van der Waals surface area contributed by atoms with E-state index in [2.05, 4.69) is 10.6 Å². The summed E-state index contributed by atoms with van der Waals surface area (Å²) in [5.41, 5.74) is 3.82. The zero-order chi connectivity index (χ0) is 17.8. The Hall–Kier alpha value is -3.08. The third-order valence-electron chi connectivity index (χ3n) is 4.11. The zero-order valence-electron chi connectivity index (χ0n) is 14.2. The van der Waals surface area contributed by atoms with Crippen LogP contribution in [0, 0.1) is 6.92 Å². The molecule has 0 spiro atoms. The molecule has 2 N–H and O–H groups in total. The molecule has 0 saturated carbocycles. The monoisotopic (exact) mass is 336 g/mol. The second-order valence-corrected chi connectivity index (χ2v) is 6.04. The van der Waals surface area contributed by atoms with Crippen LogP contribution in [0.25, 0.3) is 0 Å². The first-order chi connectivity index (χ1) is 12.0. The van der Waals surface area contributed by atoms with Crippen molar-refractivity contribution in [2.45, 2.75) is 26.5 Å². The van der Waals surface area contributed by atoms with Crippen LogP contribution in [-0.2, 0) is 16.1 Å². The number of carbonyl (C=O) groups excluding carboxylic acids is 2. The van der Waals surface area contributed by atoms with Crippen molar-refractivity contribution in [3.8, 4) is 0 Å². The second-order valence-electron chi connectivity index (χ2n) is 6.04. The molecule has 0 radical (unpaired) electrons. The molecular formula is C20H20N2O3. The summed E-state index contributed by atoms with van der Waals surface area (Å²) in [4.78, 5) is 24.5. The van der Waals surface area contributed by atoms with Gasteiger partial charge in [-0.3, -0.25) is 0 Å². The number of aryl methyl sites for hydroxylation is 1. The average molecular weight is 336 g/mol. The third kappa shape index (κ3) is 3.88. The Morgan fingerprint density at radius 2 is 1.72 bits per heavy atom. The molecule has 1 unspecified atom stereocenters. The minimum Gasteiger partial charge on any atom is -0.457 e. The molecule has 0 bridgehead atoms. The summed E-state index contributed by atoms with van der Waals surface area (Å²) < 4.78 is 5.48. The quantitative estimate of drug-likeness (QED) is 0.841. The standard InChI is InChI=1S/C20H20N2O3/c1-13-8-10-15(11-9-13)12-25-19(23)17-14(2)21-20(24)22-18(17)16-6-4-3-5-7-16/h3-11,18H,12H2,1-2H3,(H2,21,22,24). The maximum Gasteiger partial charge on any atom is 0.338 e. The zero-order valence-corrected chi connectivity index (χ0v) is 14.2. The highest BCUT2D eigenvalue weighted by atomic mass is 16.5. The molecule has 2 aromatic rings. The van der Waals surface area contributed by atoms with E-state index in [1.54, 1.807) is 6.92 Å². The van der Waals surface area contributed by atoms with Gasteiger partial charge in [-0.15, -0.1) is 0 Å². The lowest BCUT2D eigenvalue weighted by Gasteiger charge is -2.28. The lowest BCUT2D eigenvalue weighted by Crippen LogP contribution is -2.45. The molecule has 128 valence electrons. The highest BCUT2D eigenvalue weighted by Crippen LogP contribution is 2.27. The van der Waals surface area contributed by atoms with Gasteiger partial charge < -0.3 is 15.4 Å². The van der Waals surface area contributed by atoms with Crippen LogP contribution in [0.2, 0.25) is 0 Å². The largest absolute Gasteiger partial charge is 0.457 e. The Labute approximate surface area is 146 Å². The molecular weight excluding hydrogens is 316 g/mol. The second kappa shape index (κ2) is 7.21. The van der Waals surface area contributed by atoms with Gasteiger partial charge in [0.15, 0.2) is 0 Å². The number of carbonyl (C=O) groups is 2. The van der Waals surface area contributed by atoms with E-state index in [-0.39, 0.29) is 12.6 Å². The average Bonchev–Trinajstić information content (AvgIpc) is 2.61. The van der Waals surface area contributed by atoms with Crippen molar-refractivity contribution < 1.29 is 14.3 Å². The Morgan fingerprint density at radius 3 is 2.40 bits per heavy atom. The molecule has 1 aliphatic heterocycles. The fraction of sp³-hybridized carbons (Fsp3) is 0.200. The van der Waals surface area contributed by atoms with E-state index in [0.29, 0.717) is 11.3 Å². The van der Waals surface area contributed by atoms with Crippen molar-refractivity contribution >= 4 is 12.0 Å². The van der Waals surface area contributed by atoms with Crippen LogP contribution < -0.4 is 10.6 Å². The van der Waals surface area contributed by atoms with Gasteiger partial charge >= 0.3 is 12.0 Å². The Kier molecular flexibility index (Phi) is 4.84. The maximum absolute atomic E-state index is 12.7. The van der Waals surface area contributed by atoms with Gasteiger partial charge in [0.25, 0.3) is 0 Å². The third-order valence-corrected chi connectivity index (χ3v) is 4.11. The summed E-state index contributed by atoms with van der Waals surface area (Å²) in [5.74, 6) is -0.445. The molecule has 5 heteroatoms. The number of allylic oxidation sites excluding steroid dienone is 1. The van der Waals surface area contributed by atoms with Crippen LogP contribution in [0.1, 0.15) is 29.7 Å². The maximum atomic E-state index is 12.7. The van der Waals surface area contributed by atoms with Crippen molar-refractivity contribution in [1.82, 2.24) is 10.6 Å². The van der Waals surface area contributed by atoms with E-state index >= 15 is 0 Å². The van der Waals surface area contributed by atoms with E-state index in [9.17, 15) is 9.59 Å². The summed E-state index contributed by atoms with van der Waals surface area (Å²) in [6.07, 6.45) is 0. The number of amides is 2. The van der Waals surface area contributed by atoms with Crippen LogP contribution in [0.4, 0.5) is 4.79 Å². The summed E-state index contributed by atoms with van der Waals surface area (Å²) in [6, 6.07) is 16.3. The van der Waals surface area contributed by atoms with Crippen LogP contribution in [0.15, 0.2) is 65.9 Å². The minimum absolute atomic E-state index is 0.186. The van der Waals surface area contributed by atoms with Crippen molar-refractivity contribution in [3.63, 3.8) is 0 Å². The normalized spacial score (nSPS) is 16.9. The Balaban J connectivity index is 1.81. The fourth-order valence-electron chi connectivity index (χ4n) is 2.77. The number of benzene rings is 2. The van der Waals surface area contributed by atoms with Gasteiger partial charge in [0.05, 0.1) is 11.6 Å². The molecule has 0 fully saturated rings. The van der Waals surface area contributed by atoms with Gasteiger partial charge in [0.1, 0.15) is 6.61 Å². The molecule has 3 rings (SSSR count). The van der Waals surface area contributed by atoms with E-state index < -0.39 is 12.0 Å². The SMILES string of the molecule is CC1=C(C(=O)OCc2ccc(C)cc2)C(c2ccccc2)NC(=O)N1. The van der Waals surface area contributed by atoms with E-state index in [0.717, 1.165) is 16.7 Å². The molecule has 0 aliphatic carbocycles. The molecule has 1 aliphatic rings. The number of rotatable bonds is 4. The van der Waals surface area contributed by atoms with Crippen LogP contribution in [0.3, 0.4) is 0 Å². The predicted molar refractivity (Wildman–Crippen MR) is 94.5 cm³/mol. The molecule has 2 aromatic carbocycles. The van der Waals surface area contributed by atoms with Gasteiger partial charge in [-0.1, -0.05) is 60.2 Å². The highest BCUT2D eigenvalue weighted by molar-refractivity contribution is 5.95. The number of nitrogens with one attached hydrogen (secondary N) is 2. The molecule has 5 nitrogen and oxygen atoms in total. The van der Waals surface area contributed by atoms with Crippen molar-refractivity contribution in [2.24, 2.45) is 0 Å². The fourth-order valence-corrected chi connectivity index (χ4v) is 2.77. The van der Waals surface area contributed by atoms with Crippen LogP contribution in [0.5, 0.6) is 0 Å². The van der Waals surface area contributed by atoms with Crippen LogP contribution in [-0.4, -0.2) is 12.0 Å². The Morgan fingerprint density at radius 1 is 1.04 bits per heavy atom.